The van der Waals surface area contributed by atoms with Crippen LogP contribution in [0.15, 0.2) is 18.3 Å². The number of hydrogen-bond donors (Lipinski definition) is 2. The van der Waals surface area contributed by atoms with Gasteiger partial charge in [0.1, 0.15) is 23.2 Å². The highest BCUT2D eigenvalue weighted by Crippen LogP contribution is 2.33. The molecule has 2 N–H and O–H groups in total. The van der Waals surface area contributed by atoms with E-state index in [9.17, 15) is 18.0 Å². The van der Waals surface area contributed by atoms with Crippen LogP contribution in [0.25, 0.3) is 0 Å². The van der Waals surface area contributed by atoms with Crippen molar-refractivity contribution in [2.75, 3.05) is 35.7 Å². The summed E-state index contributed by atoms with van der Waals surface area (Å²) in [6.45, 7) is 4.91. The van der Waals surface area contributed by atoms with Crippen LogP contribution in [0.5, 0.6) is 5.75 Å². The van der Waals surface area contributed by atoms with E-state index in [1.807, 2.05) is 25.8 Å². The number of aryl methyl sites for hydroxylation is 1. The van der Waals surface area contributed by atoms with Gasteiger partial charge in [0.05, 0.1) is 18.5 Å². The topological polar surface area (TPSA) is 92.3 Å². The first kappa shape index (κ1) is 32.3. The Morgan fingerprint density at radius 1 is 1.14 bits per heavy atom. The summed E-state index contributed by atoms with van der Waals surface area (Å²) in [4.78, 5) is 26.5. The zero-order valence-corrected chi connectivity index (χ0v) is 20.9. The molecule has 1 aliphatic heterocycles. The molecule has 4 rings (SSSR count). The van der Waals surface area contributed by atoms with Crippen LogP contribution in [-0.2, 0) is 11.0 Å². The van der Waals surface area contributed by atoms with Gasteiger partial charge in [-0.05, 0) is 63.5 Å². The Labute approximate surface area is 224 Å². The van der Waals surface area contributed by atoms with Gasteiger partial charge in [0.15, 0.2) is 5.82 Å². The van der Waals surface area contributed by atoms with E-state index in [-0.39, 0.29) is 40.3 Å². The fourth-order valence-electron chi connectivity index (χ4n) is 4.31. The van der Waals surface area contributed by atoms with Crippen LogP contribution >= 0.6 is 13.5 Å². The lowest BCUT2D eigenvalue weighted by molar-refractivity contribution is -0.141. The molecule has 2 aromatic rings. The van der Waals surface area contributed by atoms with Crippen molar-refractivity contribution in [1.29, 1.82) is 0 Å². The van der Waals surface area contributed by atoms with Gasteiger partial charge in [0.2, 0.25) is 11.9 Å². The Balaban J connectivity index is 0.00000228. The Hall–Kier alpha value is -2.76. The van der Waals surface area contributed by atoms with Crippen molar-refractivity contribution in [1.82, 2.24) is 15.0 Å². The molecule has 12 heteroatoms. The van der Waals surface area contributed by atoms with Crippen LogP contribution < -0.4 is 20.3 Å². The third-order valence-corrected chi connectivity index (χ3v) is 6.64. The number of carbonyl (C=O) groups excluding carboxylic acids is 1. The molecule has 0 aromatic carbocycles. The number of alkyl halides is 3. The number of amides is 1. The summed E-state index contributed by atoms with van der Waals surface area (Å²) < 4.78 is 43.5. The van der Waals surface area contributed by atoms with Crippen LogP contribution in [-0.4, -0.2) is 47.1 Å². The third-order valence-electron chi connectivity index (χ3n) is 6.64. The average Bonchev–Trinajstić information content (AvgIpc) is 2.81. The van der Waals surface area contributed by atoms with Crippen LogP contribution in [0.2, 0.25) is 0 Å². The summed E-state index contributed by atoms with van der Waals surface area (Å²) in [7, 11) is 1.85. The van der Waals surface area contributed by atoms with Crippen LogP contribution in [0.4, 0.5) is 30.6 Å². The van der Waals surface area contributed by atoms with E-state index in [4.69, 9.17) is 4.74 Å². The lowest BCUT2D eigenvalue weighted by Crippen LogP contribution is -2.44. The Bertz CT molecular complexity index is 1030. The Kier molecular flexibility index (Phi) is 11.5. The van der Waals surface area contributed by atoms with Gasteiger partial charge in [-0.25, -0.2) is 9.97 Å². The molecule has 2 aromatic heterocycles. The SMILES string of the molecule is C.C.Cc1nc(NCC2CCC(COc3ccc(C(F)(F)F)nc3)CC2)nc2c1NC(=O)[C@H](C)N2C.S. The molecular weight excluding hydrogens is 505 g/mol. The second-order valence-electron chi connectivity index (χ2n) is 9.06. The fraction of sp³-hybridized carbons (Fsp3) is 0.600. The van der Waals surface area contributed by atoms with Gasteiger partial charge in [-0.15, -0.1) is 0 Å². The minimum atomic E-state index is -4.45. The molecule has 208 valence electrons. The Morgan fingerprint density at radius 2 is 1.78 bits per heavy atom. The van der Waals surface area contributed by atoms with Crippen molar-refractivity contribution in [3.05, 3.63) is 29.7 Å². The van der Waals surface area contributed by atoms with Crippen molar-refractivity contribution < 1.29 is 22.7 Å². The van der Waals surface area contributed by atoms with Crippen LogP contribution in [0.3, 0.4) is 0 Å². The number of fused-ring (bicyclic) bond motifs is 1. The minimum absolute atomic E-state index is 0. The molecule has 0 radical (unpaired) electrons. The van der Waals surface area contributed by atoms with E-state index >= 15 is 0 Å². The summed E-state index contributed by atoms with van der Waals surface area (Å²) in [5, 5.41) is 6.23. The number of nitrogens with one attached hydrogen (secondary N) is 2. The maximum atomic E-state index is 12.6. The minimum Gasteiger partial charge on any atom is -0.492 e. The predicted octanol–water partition coefficient (Wildman–Crippen LogP) is 5.66. The highest BCUT2D eigenvalue weighted by Gasteiger charge is 2.32. The quantitative estimate of drug-likeness (QED) is 0.485. The number of pyridine rings is 1. The number of hydrogen-bond acceptors (Lipinski definition) is 7. The van der Waals surface area contributed by atoms with Gasteiger partial charge >= 0.3 is 6.18 Å². The zero-order valence-electron chi connectivity index (χ0n) is 19.9. The second-order valence-corrected chi connectivity index (χ2v) is 9.06. The number of halogens is 3. The average molecular weight is 545 g/mol. The number of likely N-dealkylation sites (N-methyl/N-ethyl adjacent to an activating group) is 1. The molecule has 1 aliphatic carbocycles. The molecule has 1 amide bonds. The monoisotopic (exact) mass is 544 g/mol. The molecule has 37 heavy (non-hydrogen) atoms. The Morgan fingerprint density at radius 3 is 2.38 bits per heavy atom. The normalized spacial score (nSPS) is 20.9. The van der Waals surface area contributed by atoms with Crippen molar-refractivity contribution in [3.8, 4) is 5.75 Å². The van der Waals surface area contributed by atoms with E-state index in [0.717, 1.165) is 50.2 Å². The largest absolute Gasteiger partial charge is 0.492 e. The second kappa shape index (κ2) is 13.2. The third kappa shape index (κ3) is 7.62. The highest BCUT2D eigenvalue weighted by atomic mass is 32.1. The molecule has 0 bridgehead atoms. The maximum Gasteiger partial charge on any atom is 0.433 e. The van der Waals surface area contributed by atoms with Crippen molar-refractivity contribution in [2.24, 2.45) is 11.8 Å². The van der Waals surface area contributed by atoms with Crippen molar-refractivity contribution in [2.45, 2.75) is 66.6 Å². The molecule has 0 spiro atoms. The van der Waals surface area contributed by atoms with Gasteiger partial charge in [-0.1, -0.05) is 14.9 Å². The van der Waals surface area contributed by atoms with E-state index in [1.54, 1.807) is 0 Å². The van der Waals surface area contributed by atoms with Crippen LogP contribution in [0.1, 0.15) is 58.8 Å². The van der Waals surface area contributed by atoms with Gasteiger partial charge < -0.3 is 20.3 Å². The highest BCUT2D eigenvalue weighted by molar-refractivity contribution is 7.59. The molecule has 0 unspecified atom stereocenters. The van der Waals surface area contributed by atoms with Gasteiger partial charge in [0.25, 0.3) is 0 Å². The van der Waals surface area contributed by atoms with E-state index in [1.165, 1.54) is 6.07 Å². The standard InChI is InChI=1S/C23H29F3N6O2.2CH4.H2S/c1-13-19-20(32(3)14(2)21(33)30-19)31-22(29-13)28-10-15-4-6-16(7-5-15)12-34-17-8-9-18(27-11-17)23(24,25)26;;;/h8-9,11,14-16H,4-7,10,12H2,1-3H3,(H,30,33)(H,28,29,31);2*1H4;1H2/t14-,15?,16?;;;/m0.../s1. The van der Waals surface area contributed by atoms with Gasteiger partial charge in [0, 0.05) is 13.6 Å². The van der Waals surface area contributed by atoms with E-state index in [0.29, 0.717) is 41.6 Å². The summed E-state index contributed by atoms with van der Waals surface area (Å²) in [6.07, 6.45) is 0.681. The summed E-state index contributed by atoms with van der Waals surface area (Å²) in [6, 6.07) is 1.95. The van der Waals surface area contributed by atoms with Crippen LogP contribution in [0, 0.1) is 18.8 Å². The summed E-state index contributed by atoms with van der Waals surface area (Å²) in [5.41, 5.74) is 0.454. The number of carbonyl (C=O) groups is 1. The number of anilines is 3. The lowest BCUT2D eigenvalue weighted by atomic mass is 9.82. The molecule has 2 aliphatic rings. The van der Waals surface area contributed by atoms with E-state index in [2.05, 4.69) is 25.6 Å². The zero-order chi connectivity index (χ0) is 24.5. The summed E-state index contributed by atoms with van der Waals surface area (Å²) in [5.74, 6) is 2.37. The van der Waals surface area contributed by atoms with Crippen molar-refractivity contribution >= 4 is 36.9 Å². The van der Waals surface area contributed by atoms with E-state index < -0.39 is 11.9 Å². The molecular formula is C25H39F3N6O2S. The number of rotatable bonds is 6. The smallest absolute Gasteiger partial charge is 0.433 e. The molecule has 3 heterocycles. The molecule has 1 atom stereocenters. The molecule has 8 nitrogen and oxygen atoms in total. The van der Waals surface area contributed by atoms with Crippen molar-refractivity contribution in [3.63, 3.8) is 0 Å². The molecule has 1 fully saturated rings. The van der Waals surface area contributed by atoms with Gasteiger partial charge in [-0.3, -0.25) is 4.79 Å². The lowest BCUT2D eigenvalue weighted by Gasteiger charge is -2.33. The number of ether oxygens (including phenoxy) is 1. The first-order valence-corrected chi connectivity index (χ1v) is 11.4. The first-order chi connectivity index (χ1) is 16.1. The fourth-order valence-corrected chi connectivity index (χ4v) is 4.31. The first-order valence-electron chi connectivity index (χ1n) is 11.4. The molecule has 0 saturated heterocycles. The number of aromatic nitrogens is 3. The maximum absolute atomic E-state index is 12.6. The predicted molar refractivity (Wildman–Crippen MR) is 146 cm³/mol. The van der Waals surface area contributed by atoms with Gasteiger partial charge in [-0.2, -0.15) is 31.7 Å². The number of nitrogens with zero attached hydrogens (tertiary/aromatic N) is 4. The molecule has 1 saturated carbocycles. The summed E-state index contributed by atoms with van der Waals surface area (Å²) >= 11 is 0.